The molecule has 0 aromatic rings. The maximum absolute atomic E-state index is 10.9. The first-order chi connectivity index (χ1) is 6.20. The fourth-order valence-electron chi connectivity index (χ4n) is 0.697. The van der Waals surface area contributed by atoms with E-state index in [1.165, 1.54) is 0 Å². The molecule has 13 heavy (non-hydrogen) atoms. The Morgan fingerprint density at radius 1 is 1.69 bits per heavy atom. The van der Waals surface area contributed by atoms with Crippen molar-refractivity contribution in [3.05, 3.63) is 0 Å². The highest BCUT2D eigenvalue weighted by Crippen LogP contribution is 1.85. The van der Waals surface area contributed by atoms with Gasteiger partial charge in [-0.05, 0) is 6.42 Å². The monoisotopic (exact) mass is 185 g/mol. The average molecular weight is 185 g/mol. The Balaban J connectivity index is 3.32. The summed E-state index contributed by atoms with van der Waals surface area (Å²) in [5, 5.41) is 22.4. The van der Waals surface area contributed by atoms with Gasteiger partial charge in [-0.2, -0.15) is 5.26 Å². The zero-order valence-electron chi connectivity index (χ0n) is 7.71. The van der Waals surface area contributed by atoms with Gasteiger partial charge in [0, 0.05) is 6.54 Å². The minimum absolute atomic E-state index is 0.0246. The van der Waals surface area contributed by atoms with E-state index in [1.54, 1.807) is 6.07 Å². The number of nitriles is 1. The van der Waals surface area contributed by atoms with E-state index in [4.69, 9.17) is 10.4 Å². The van der Waals surface area contributed by atoms with Crippen LogP contribution in [0.4, 0.5) is 0 Å². The van der Waals surface area contributed by atoms with E-state index in [-0.39, 0.29) is 19.0 Å². The zero-order chi connectivity index (χ0) is 10.1. The van der Waals surface area contributed by atoms with Crippen LogP contribution in [-0.4, -0.2) is 36.8 Å². The van der Waals surface area contributed by atoms with Gasteiger partial charge >= 0.3 is 0 Å². The molecule has 0 heterocycles. The summed E-state index contributed by atoms with van der Waals surface area (Å²) in [7, 11) is 0. The lowest BCUT2D eigenvalue weighted by Crippen LogP contribution is -2.37. The van der Waals surface area contributed by atoms with Crippen molar-refractivity contribution in [1.29, 1.82) is 5.26 Å². The number of hydrogen-bond acceptors (Lipinski definition) is 4. The predicted molar refractivity (Wildman–Crippen MR) is 47.8 cm³/mol. The summed E-state index contributed by atoms with van der Waals surface area (Å²) in [4.78, 5) is 10.9. The van der Waals surface area contributed by atoms with Crippen LogP contribution in [0, 0.1) is 11.3 Å². The molecule has 5 nitrogen and oxygen atoms in total. The van der Waals surface area contributed by atoms with E-state index in [2.05, 4.69) is 10.6 Å². The van der Waals surface area contributed by atoms with E-state index in [1.807, 2.05) is 6.92 Å². The molecule has 3 N–H and O–H groups in total. The molecule has 74 valence electrons. The molecule has 0 spiro atoms. The lowest BCUT2D eigenvalue weighted by atomic mass is 10.3. The summed E-state index contributed by atoms with van der Waals surface area (Å²) in [5.41, 5.74) is 0. The van der Waals surface area contributed by atoms with Crippen LogP contribution >= 0.6 is 0 Å². The van der Waals surface area contributed by atoms with Crippen LogP contribution in [0.3, 0.4) is 0 Å². The first-order valence-electron chi connectivity index (χ1n) is 4.23. The Labute approximate surface area is 77.7 Å². The summed E-state index contributed by atoms with van der Waals surface area (Å²) in [6.07, 6.45) is 0.246. The first-order valence-corrected chi connectivity index (χ1v) is 4.23. The number of carbonyl (C=O) groups is 1. The number of amides is 1. The van der Waals surface area contributed by atoms with Gasteiger partial charge < -0.3 is 15.7 Å². The van der Waals surface area contributed by atoms with E-state index < -0.39 is 6.10 Å². The number of rotatable bonds is 6. The standard InChI is InChI=1S/C8H15N3O2/c1-2-7(12)5-10-6-8(13)11-4-3-9/h7,10,12H,2,4-6H2,1H3,(H,11,13). The van der Waals surface area contributed by atoms with Crippen molar-refractivity contribution in [2.45, 2.75) is 19.4 Å². The number of carbonyl (C=O) groups excluding carboxylic acids is 1. The normalized spacial score (nSPS) is 11.8. The second kappa shape index (κ2) is 7.53. The average Bonchev–Trinajstić information content (AvgIpc) is 2.14. The summed E-state index contributed by atoms with van der Waals surface area (Å²) < 4.78 is 0. The summed E-state index contributed by atoms with van der Waals surface area (Å²) >= 11 is 0. The predicted octanol–water partition coefficient (Wildman–Crippen LogP) is -1.01. The van der Waals surface area contributed by atoms with Gasteiger partial charge in [0.25, 0.3) is 0 Å². The van der Waals surface area contributed by atoms with Crippen LogP contribution in [0.1, 0.15) is 13.3 Å². The number of hydrogen-bond donors (Lipinski definition) is 3. The third kappa shape index (κ3) is 7.25. The van der Waals surface area contributed by atoms with Crippen molar-refractivity contribution in [2.24, 2.45) is 0 Å². The van der Waals surface area contributed by atoms with Crippen LogP contribution in [0.5, 0.6) is 0 Å². The molecule has 0 saturated heterocycles. The van der Waals surface area contributed by atoms with Crippen LogP contribution < -0.4 is 10.6 Å². The highest BCUT2D eigenvalue weighted by molar-refractivity contribution is 5.78. The van der Waals surface area contributed by atoms with Gasteiger partial charge in [-0.25, -0.2) is 0 Å². The molecule has 0 aromatic heterocycles. The van der Waals surface area contributed by atoms with Gasteiger partial charge in [-0.3, -0.25) is 4.79 Å². The molecule has 0 aliphatic heterocycles. The van der Waals surface area contributed by atoms with Crippen molar-refractivity contribution in [3.8, 4) is 6.07 Å². The Morgan fingerprint density at radius 2 is 2.38 bits per heavy atom. The third-order valence-electron chi connectivity index (χ3n) is 1.50. The number of nitrogens with zero attached hydrogens (tertiary/aromatic N) is 1. The molecular weight excluding hydrogens is 170 g/mol. The summed E-state index contributed by atoms with van der Waals surface area (Å²) in [6, 6.07) is 1.80. The van der Waals surface area contributed by atoms with E-state index >= 15 is 0 Å². The van der Waals surface area contributed by atoms with Crippen molar-refractivity contribution in [1.82, 2.24) is 10.6 Å². The Bertz CT molecular complexity index is 188. The van der Waals surface area contributed by atoms with Gasteiger partial charge in [0.2, 0.25) is 5.91 Å². The molecule has 5 heteroatoms. The maximum Gasteiger partial charge on any atom is 0.234 e. The van der Waals surface area contributed by atoms with Crippen LogP contribution in [0.25, 0.3) is 0 Å². The SMILES string of the molecule is CCC(O)CNCC(=O)NCC#N. The topological polar surface area (TPSA) is 85.2 Å². The molecule has 0 saturated carbocycles. The molecule has 0 radical (unpaired) electrons. The third-order valence-corrected chi connectivity index (χ3v) is 1.50. The van der Waals surface area contributed by atoms with E-state index in [0.717, 1.165) is 0 Å². The summed E-state index contributed by atoms with van der Waals surface area (Å²) in [6.45, 7) is 2.42. The van der Waals surface area contributed by atoms with Gasteiger partial charge in [0.1, 0.15) is 6.54 Å². The lowest BCUT2D eigenvalue weighted by Gasteiger charge is -2.08. The second-order valence-electron chi connectivity index (χ2n) is 2.63. The first kappa shape index (κ1) is 11.9. The molecule has 0 aliphatic rings. The molecule has 1 unspecified atom stereocenters. The van der Waals surface area contributed by atoms with Gasteiger partial charge in [0.15, 0.2) is 0 Å². The largest absolute Gasteiger partial charge is 0.392 e. The molecule has 0 aliphatic carbocycles. The number of aliphatic hydroxyl groups excluding tert-OH is 1. The number of nitrogens with one attached hydrogen (secondary N) is 2. The van der Waals surface area contributed by atoms with Crippen LogP contribution in [-0.2, 0) is 4.79 Å². The maximum atomic E-state index is 10.9. The van der Waals surface area contributed by atoms with Gasteiger partial charge in [-0.1, -0.05) is 6.92 Å². The molecule has 0 aromatic carbocycles. The van der Waals surface area contributed by atoms with Crippen LogP contribution in [0.2, 0.25) is 0 Å². The molecule has 0 bridgehead atoms. The molecule has 0 fully saturated rings. The minimum Gasteiger partial charge on any atom is -0.392 e. The van der Waals surface area contributed by atoms with Crippen LogP contribution in [0.15, 0.2) is 0 Å². The van der Waals surface area contributed by atoms with E-state index in [9.17, 15) is 4.79 Å². The molecular formula is C8H15N3O2. The highest BCUT2D eigenvalue weighted by Gasteiger charge is 2.02. The van der Waals surface area contributed by atoms with Gasteiger partial charge in [-0.15, -0.1) is 0 Å². The quantitative estimate of drug-likeness (QED) is 0.463. The fraction of sp³-hybridized carbons (Fsp3) is 0.750. The molecule has 0 rings (SSSR count). The highest BCUT2D eigenvalue weighted by atomic mass is 16.3. The van der Waals surface area contributed by atoms with E-state index in [0.29, 0.717) is 13.0 Å². The van der Waals surface area contributed by atoms with Crippen molar-refractivity contribution >= 4 is 5.91 Å². The van der Waals surface area contributed by atoms with Gasteiger partial charge in [0.05, 0.1) is 18.7 Å². The Kier molecular flexibility index (Phi) is 6.88. The lowest BCUT2D eigenvalue weighted by molar-refractivity contribution is -0.120. The second-order valence-corrected chi connectivity index (χ2v) is 2.63. The smallest absolute Gasteiger partial charge is 0.234 e. The minimum atomic E-state index is -0.413. The van der Waals surface area contributed by atoms with Crippen molar-refractivity contribution in [2.75, 3.05) is 19.6 Å². The number of aliphatic hydroxyl groups is 1. The van der Waals surface area contributed by atoms with Crippen molar-refractivity contribution < 1.29 is 9.90 Å². The molecule has 1 atom stereocenters. The van der Waals surface area contributed by atoms with Crippen molar-refractivity contribution in [3.63, 3.8) is 0 Å². The Hall–Kier alpha value is -1.12. The zero-order valence-corrected chi connectivity index (χ0v) is 7.71. The molecule has 1 amide bonds. The fourth-order valence-corrected chi connectivity index (χ4v) is 0.697. The summed E-state index contributed by atoms with van der Waals surface area (Å²) in [5.74, 6) is -0.232. The Morgan fingerprint density at radius 3 is 2.92 bits per heavy atom.